The average molecular weight is 391 g/mol. The summed E-state index contributed by atoms with van der Waals surface area (Å²) in [7, 11) is -1.53. The number of amides is 1. The van der Waals surface area contributed by atoms with Crippen LogP contribution in [0.25, 0.3) is 10.1 Å². The van der Waals surface area contributed by atoms with Crippen molar-refractivity contribution < 1.29 is 13.2 Å². The van der Waals surface area contributed by atoms with E-state index >= 15 is 0 Å². The molecule has 0 aliphatic heterocycles. The molecule has 0 saturated carbocycles. The van der Waals surface area contributed by atoms with E-state index in [2.05, 4.69) is 15.9 Å². The molecule has 0 bridgehead atoms. The van der Waals surface area contributed by atoms with E-state index in [0.717, 1.165) is 20.8 Å². The molecule has 1 aromatic carbocycles. The smallest absolute Gasteiger partial charge is 0.265 e. The monoisotopic (exact) mass is 390 g/mol. The van der Waals surface area contributed by atoms with E-state index in [-0.39, 0.29) is 18.2 Å². The van der Waals surface area contributed by atoms with Crippen molar-refractivity contribution >= 4 is 58.8 Å². The largest absolute Gasteiger partial charge is 0.397 e. The van der Waals surface area contributed by atoms with Gasteiger partial charge in [0.15, 0.2) is 0 Å². The summed E-state index contributed by atoms with van der Waals surface area (Å²) in [6, 6.07) is 5.64. The molecule has 8 heteroatoms. The Morgan fingerprint density at radius 2 is 2.10 bits per heavy atom. The summed E-state index contributed by atoms with van der Waals surface area (Å²) in [5.41, 5.74) is 6.50. The molecule has 114 valence electrons. The van der Waals surface area contributed by atoms with Crippen LogP contribution in [0.4, 0.5) is 5.69 Å². The average Bonchev–Trinajstić information content (AvgIpc) is 2.73. The van der Waals surface area contributed by atoms with Crippen molar-refractivity contribution in [2.24, 2.45) is 0 Å². The quantitative estimate of drug-likeness (QED) is 0.868. The second-order valence-electron chi connectivity index (χ2n) is 4.81. The standard InChI is InChI=1S/C13H15BrN2O3S2/c1-16(6-7-21(2,18)19)13(17)12-11(15)10-8(14)4-3-5-9(10)20-12/h3-5H,6-7,15H2,1-2H3. The Balaban J connectivity index is 2.31. The first-order valence-corrected chi connectivity index (χ1v) is 9.77. The first-order chi connectivity index (χ1) is 9.70. The van der Waals surface area contributed by atoms with Gasteiger partial charge < -0.3 is 10.6 Å². The summed E-state index contributed by atoms with van der Waals surface area (Å²) < 4.78 is 24.1. The number of sulfone groups is 1. The fourth-order valence-electron chi connectivity index (χ4n) is 1.87. The van der Waals surface area contributed by atoms with Gasteiger partial charge in [0.05, 0.1) is 11.4 Å². The molecule has 0 aliphatic rings. The number of nitrogens with two attached hydrogens (primary N) is 1. The first kappa shape index (κ1) is 16.3. The minimum absolute atomic E-state index is 0.0657. The van der Waals surface area contributed by atoms with Gasteiger partial charge in [-0.15, -0.1) is 11.3 Å². The summed E-state index contributed by atoms with van der Waals surface area (Å²) >= 11 is 4.74. The van der Waals surface area contributed by atoms with Crippen LogP contribution >= 0.6 is 27.3 Å². The number of hydrogen-bond acceptors (Lipinski definition) is 5. The van der Waals surface area contributed by atoms with Gasteiger partial charge in [-0.3, -0.25) is 4.79 Å². The lowest BCUT2D eigenvalue weighted by Crippen LogP contribution is -2.31. The number of fused-ring (bicyclic) bond motifs is 1. The molecule has 0 atom stereocenters. The number of rotatable bonds is 4. The van der Waals surface area contributed by atoms with Crippen molar-refractivity contribution in [2.45, 2.75) is 0 Å². The van der Waals surface area contributed by atoms with E-state index in [0.29, 0.717) is 10.6 Å². The van der Waals surface area contributed by atoms with E-state index in [9.17, 15) is 13.2 Å². The molecule has 0 unspecified atom stereocenters. The molecule has 0 radical (unpaired) electrons. The van der Waals surface area contributed by atoms with E-state index in [4.69, 9.17) is 5.73 Å². The zero-order valence-corrected chi connectivity index (χ0v) is 14.8. The van der Waals surface area contributed by atoms with Gasteiger partial charge >= 0.3 is 0 Å². The number of halogens is 1. The van der Waals surface area contributed by atoms with Crippen molar-refractivity contribution in [2.75, 3.05) is 31.3 Å². The minimum atomic E-state index is -3.11. The predicted molar refractivity (Wildman–Crippen MR) is 90.6 cm³/mol. The highest BCUT2D eigenvalue weighted by Gasteiger charge is 2.21. The van der Waals surface area contributed by atoms with Crippen LogP contribution in [0.1, 0.15) is 9.67 Å². The van der Waals surface area contributed by atoms with Crippen LogP contribution in [0.3, 0.4) is 0 Å². The Labute approximate surface area is 135 Å². The van der Waals surface area contributed by atoms with Crippen LogP contribution in [0.2, 0.25) is 0 Å². The molecule has 1 heterocycles. The maximum atomic E-state index is 12.4. The maximum absolute atomic E-state index is 12.4. The Hall–Kier alpha value is -1.12. The van der Waals surface area contributed by atoms with Crippen LogP contribution in [0.5, 0.6) is 0 Å². The molecule has 2 aromatic rings. The van der Waals surface area contributed by atoms with Gasteiger partial charge in [0.25, 0.3) is 5.91 Å². The van der Waals surface area contributed by atoms with Crippen molar-refractivity contribution in [3.05, 3.63) is 27.5 Å². The molecule has 21 heavy (non-hydrogen) atoms. The lowest BCUT2D eigenvalue weighted by molar-refractivity contribution is 0.0809. The lowest BCUT2D eigenvalue weighted by Gasteiger charge is -2.15. The zero-order chi connectivity index (χ0) is 15.8. The highest BCUT2D eigenvalue weighted by Crippen LogP contribution is 2.38. The number of carbonyl (C=O) groups is 1. The molecule has 1 amide bonds. The Morgan fingerprint density at radius 3 is 2.67 bits per heavy atom. The topological polar surface area (TPSA) is 80.5 Å². The molecule has 2 rings (SSSR count). The number of carbonyl (C=O) groups excluding carboxylic acids is 1. The van der Waals surface area contributed by atoms with Crippen molar-refractivity contribution in [1.29, 1.82) is 0 Å². The summed E-state index contributed by atoms with van der Waals surface area (Å²) in [6.45, 7) is 0.145. The maximum Gasteiger partial charge on any atom is 0.265 e. The van der Waals surface area contributed by atoms with Gasteiger partial charge in [0.2, 0.25) is 0 Å². The molecule has 2 N–H and O–H groups in total. The van der Waals surface area contributed by atoms with Gasteiger partial charge in [-0.25, -0.2) is 8.42 Å². The van der Waals surface area contributed by atoms with Crippen LogP contribution in [-0.4, -0.2) is 44.8 Å². The van der Waals surface area contributed by atoms with Crippen LogP contribution < -0.4 is 5.73 Å². The summed E-state index contributed by atoms with van der Waals surface area (Å²) in [4.78, 5) is 14.2. The number of thiophene rings is 1. The SMILES string of the molecule is CN(CCS(C)(=O)=O)C(=O)c1sc2cccc(Br)c2c1N. The molecule has 1 aromatic heterocycles. The van der Waals surface area contributed by atoms with Crippen LogP contribution in [-0.2, 0) is 9.84 Å². The fourth-order valence-corrected chi connectivity index (χ4v) is 4.33. The van der Waals surface area contributed by atoms with Gasteiger partial charge in [-0.1, -0.05) is 22.0 Å². The number of nitrogens with zero attached hydrogens (tertiary/aromatic N) is 1. The van der Waals surface area contributed by atoms with E-state index in [1.807, 2.05) is 18.2 Å². The van der Waals surface area contributed by atoms with Gasteiger partial charge in [-0.05, 0) is 12.1 Å². The second kappa shape index (κ2) is 5.94. The Bertz CT molecular complexity index is 799. The highest BCUT2D eigenvalue weighted by atomic mass is 79.9. The van der Waals surface area contributed by atoms with Crippen molar-refractivity contribution in [3.63, 3.8) is 0 Å². The lowest BCUT2D eigenvalue weighted by atomic mass is 10.2. The molecule has 0 saturated heterocycles. The van der Waals surface area contributed by atoms with Gasteiger partial charge in [0, 0.05) is 34.4 Å². The predicted octanol–water partition coefficient (Wildman–Crippen LogP) is 2.36. The molecule has 0 aliphatic carbocycles. The van der Waals surface area contributed by atoms with Crippen molar-refractivity contribution in [3.8, 4) is 0 Å². The van der Waals surface area contributed by atoms with Crippen molar-refractivity contribution in [1.82, 2.24) is 4.90 Å². The summed E-state index contributed by atoms with van der Waals surface area (Å²) in [6.07, 6.45) is 1.15. The molecular formula is C13H15BrN2O3S2. The number of anilines is 1. The van der Waals surface area contributed by atoms with E-state index in [1.54, 1.807) is 7.05 Å². The highest BCUT2D eigenvalue weighted by molar-refractivity contribution is 9.10. The fraction of sp³-hybridized carbons (Fsp3) is 0.308. The third-order valence-electron chi connectivity index (χ3n) is 3.04. The van der Waals surface area contributed by atoms with Crippen LogP contribution in [0, 0.1) is 0 Å². The third-order valence-corrected chi connectivity index (χ3v) is 5.78. The van der Waals surface area contributed by atoms with Gasteiger partial charge in [-0.2, -0.15) is 0 Å². The van der Waals surface area contributed by atoms with E-state index < -0.39 is 9.84 Å². The zero-order valence-electron chi connectivity index (χ0n) is 11.6. The minimum Gasteiger partial charge on any atom is -0.397 e. The second-order valence-corrected chi connectivity index (χ2v) is 8.98. The molecule has 0 spiro atoms. The molecular weight excluding hydrogens is 376 g/mol. The molecule has 5 nitrogen and oxygen atoms in total. The first-order valence-electron chi connectivity index (χ1n) is 6.10. The number of nitrogen functional groups attached to an aromatic ring is 1. The molecule has 0 fully saturated rings. The Kier molecular flexibility index (Phi) is 4.60. The van der Waals surface area contributed by atoms with Gasteiger partial charge in [0.1, 0.15) is 14.7 Å². The normalized spacial score (nSPS) is 11.8. The number of hydrogen-bond donors (Lipinski definition) is 1. The Morgan fingerprint density at radius 1 is 1.43 bits per heavy atom. The summed E-state index contributed by atoms with van der Waals surface area (Å²) in [5, 5.41) is 0.822. The van der Waals surface area contributed by atoms with Crippen LogP contribution in [0.15, 0.2) is 22.7 Å². The third kappa shape index (κ3) is 3.56. The summed E-state index contributed by atoms with van der Waals surface area (Å²) in [5.74, 6) is -0.326. The number of benzene rings is 1. The van der Waals surface area contributed by atoms with E-state index in [1.165, 1.54) is 16.2 Å².